The Hall–Kier alpha value is -1.08. The van der Waals surface area contributed by atoms with Crippen LogP contribution in [0.25, 0.3) is 0 Å². The molecule has 0 unspecified atom stereocenters. The van der Waals surface area contributed by atoms with E-state index in [0.29, 0.717) is 8.95 Å². The number of nitrogens with one attached hydrogen (secondary N) is 1. The lowest BCUT2D eigenvalue weighted by Crippen LogP contribution is -2.28. The Bertz CT molecular complexity index is 523. The van der Waals surface area contributed by atoms with Gasteiger partial charge in [-0.1, -0.05) is 15.9 Å². The maximum Gasteiger partial charge on any atom is 0.412 e. The molecule has 1 rings (SSSR count). The predicted octanol–water partition coefficient (Wildman–Crippen LogP) is 4.26. The van der Waals surface area contributed by atoms with E-state index in [1.807, 2.05) is 0 Å². The number of hydrogen-bond donors (Lipinski definition) is 2. The molecular weight excluding hydrogens is 382 g/mol. The van der Waals surface area contributed by atoms with Crippen LogP contribution in [-0.2, 0) is 4.74 Å². The van der Waals surface area contributed by atoms with Crippen LogP contribution in [0, 0.1) is 0 Å². The number of amides is 1. The Morgan fingerprint density at radius 3 is 2.32 bits per heavy atom. The number of carbonyl (C=O) groups is 2. The third-order valence-corrected chi connectivity index (χ3v) is 2.99. The van der Waals surface area contributed by atoms with Crippen LogP contribution in [0.15, 0.2) is 21.1 Å². The van der Waals surface area contributed by atoms with Crippen molar-refractivity contribution in [2.45, 2.75) is 26.4 Å². The van der Waals surface area contributed by atoms with Crippen molar-refractivity contribution in [2.75, 3.05) is 5.32 Å². The first-order chi connectivity index (χ1) is 8.60. The van der Waals surface area contributed by atoms with Crippen LogP contribution in [0.4, 0.5) is 10.5 Å². The minimum atomic E-state index is -1.15. The van der Waals surface area contributed by atoms with E-state index < -0.39 is 17.7 Å². The molecule has 104 valence electrons. The number of aromatic carboxylic acids is 1. The summed E-state index contributed by atoms with van der Waals surface area (Å²) in [5, 5.41) is 11.6. The number of carboxylic acid groups (broad SMARTS) is 1. The molecule has 1 aromatic rings. The van der Waals surface area contributed by atoms with E-state index in [1.54, 1.807) is 26.8 Å². The number of benzene rings is 1. The summed E-state index contributed by atoms with van der Waals surface area (Å²) in [5.74, 6) is -1.15. The molecule has 0 aromatic heterocycles. The fraction of sp³-hybridized carbons (Fsp3) is 0.333. The first kappa shape index (κ1) is 16.0. The van der Waals surface area contributed by atoms with Gasteiger partial charge in [-0.2, -0.15) is 0 Å². The van der Waals surface area contributed by atoms with E-state index in [9.17, 15) is 9.59 Å². The van der Waals surface area contributed by atoms with Crippen molar-refractivity contribution in [3.8, 4) is 0 Å². The van der Waals surface area contributed by atoms with E-state index >= 15 is 0 Å². The van der Waals surface area contributed by atoms with Crippen LogP contribution in [0.1, 0.15) is 31.1 Å². The zero-order valence-electron chi connectivity index (χ0n) is 10.6. The van der Waals surface area contributed by atoms with Crippen LogP contribution in [-0.4, -0.2) is 22.8 Å². The van der Waals surface area contributed by atoms with Gasteiger partial charge in [0.2, 0.25) is 0 Å². The average Bonchev–Trinajstić information content (AvgIpc) is 2.18. The number of carboxylic acids is 1. The topological polar surface area (TPSA) is 75.6 Å². The van der Waals surface area contributed by atoms with Gasteiger partial charge in [-0.15, -0.1) is 0 Å². The molecule has 2 N–H and O–H groups in total. The summed E-state index contributed by atoms with van der Waals surface area (Å²) in [6, 6.07) is 3.04. The summed E-state index contributed by atoms with van der Waals surface area (Å²) in [6.45, 7) is 5.17. The molecule has 0 bridgehead atoms. The zero-order valence-corrected chi connectivity index (χ0v) is 13.8. The van der Waals surface area contributed by atoms with Gasteiger partial charge in [0.15, 0.2) is 0 Å². The third-order valence-electron chi connectivity index (χ3n) is 1.91. The molecule has 7 heteroatoms. The molecule has 0 spiro atoms. The Balaban J connectivity index is 3.07. The monoisotopic (exact) mass is 393 g/mol. The molecule has 1 aromatic carbocycles. The van der Waals surface area contributed by atoms with E-state index in [1.165, 1.54) is 6.07 Å². The predicted molar refractivity (Wildman–Crippen MR) is 78.7 cm³/mol. The van der Waals surface area contributed by atoms with E-state index in [2.05, 4.69) is 37.2 Å². The van der Waals surface area contributed by atoms with Crippen LogP contribution in [0.3, 0.4) is 0 Å². The minimum Gasteiger partial charge on any atom is -0.478 e. The van der Waals surface area contributed by atoms with Crippen LogP contribution < -0.4 is 5.32 Å². The van der Waals surface area contributed by atoms with Crippen molar-refractivity contribution in [3.63, 3.8) is 0 Å². The van der Waals surface area contributed by atoms with Crippen molar-refractivity contribution in [1.82, 2.24) is 0 Å². The second-order valence-electron chi connectivity index (χ2n) is 4.74. The van der Waals surface area contributed by atoms with Gasteiger partial charge < -0.3 is 9.84 Å². The van der Waals surface area contributed by atoms with Crippen molar-refractivity contribution in [1.29, 1.82) is 0 Å². The lowest BCUT2D eigenvalue weighted by Gasteiger charge is -2.20. The second kappa shape index (κ2) is 5.92. The largest absolute Gasteiger partial charge is 0.478 e. The fourth-order valence-electron chi connectivity index (χ4n) is 1.27. The van der Waals surface area contributed by atoms with Crippen LogP contribution in [0.2, 0.25) is 0 Å². The van der Waals surface area contributed by atoms with Crippen molar-refractivity contribution in [2.24, 2.45) is 0 Å². The molecule has 0 fully saturated rings. The van der Waals surface area contributed by atoms with Crippen LogP contribution in [0.5, 0.6) is 0 Å². The summed E-state index contributed by atoms with van der Waals surface area (Å²) in [6.07, 6.45) is -0.710. The number of carbonyl (C=O) groups excluding carboxylic acids is 1. The SMILES string of the molecule is CC(C)(C)OC(=O)Nc1c(Br)cc(Br)cc1C(=O)O. The fourth-order valence-corrected chi connectivity index (χ4v) is 2.60. The molecule has 0 saturated heterocycles. The number of anilines is 1. The van der Waals surface area contributed by atoms with E-state index in [-0.39, 0.29) is 11.3 Å². The van der Waals surface area contributed by atoms with Gasteiger partial charge >= 0.3 is 12.1 Å². The van der Waals surface area contributed by atoms with Crippen LogP contribution >= 0.6 is 31.9 Å². The molecule has 0 aliphatic rings. The molecule has 0 saturated carbocycles. The summed E-state index contributed by atoms with van der Waals surface area (Å²) in [4.78, 5) is 22.8. The average molecular weight is 395 g/mol. The quantitative estimate of drug-likeness (QED) is 0.785. The van der Waals surface area contributed by atoms with Gasteiger partial charge in [0.1, 0.15) is 5.60 Å². The van der Waals surface area contributed by atoms with Gasteiger partial charge in [-0.05, 0) is 48.8 Å². The van der Waals surface area contributed by atoms with E-state index in [4.69, 9.17) is 9.84 Å². The molecule has 5 nitrogen and oxygen atoms in total. The molecule has 0 aliphatic carbocycles. The van der Waals surface area contributed by atoms with Gasteiger partial charge in [0, 0.05) is 8.95 Å². The normalized spacial score (nSPS) is 11.0. The summed E-state index contributed by atoms with van der Waals surface area (Å²) >= 11 is 6.40. The molecule has 0 atom stereocenters. The Morgan fingerprint density at radius 2 is 1.84 bits per heavy atom. The smallest absolute Gasteiger partial charge is 0.412 e. The first-order valence-electron chi connectivity index (χ1n) is 5.32. The third kappa shape index (κ3) is 4.83. The molecule has 0 aliphatic heterocycles. The Morgan fingerprint density at radius 1 is 1.26 bits per heavy atom. The zero-order chi connectivity index (χ0) is 14.8. The maximum absolute atomic E-state index is 11.7. The number of rotatable bonds is 2. The highest BCUT2D eigenvalue weighted by Crippen LogP contribution is 2.31. The van der Waals surface area contributed by atoms with Crippen molar-refractivity contribution < 1.29 is 19.4 Å². The number of halogens is 2. The first-order valence-corrected chi connectivity index (χ1v) is 6.91. The number of hydrogen-bond acceptors (Lipinski definition) is 3. The van der Waals surface area contributed by atoms with Gasteiger partial charge in [0.25, 0.3) is 0 Å². The molecule has 1 amide bonds. The molecule has 0 heterocycles. The minimum absolute atomic E-state index is 0.0351. The van der Waals surface area contributed by atoms with Gasteiger partial charge in [-0.25, -0.2) is 9.59 Å². The second-order valence-corrected chi connectivity index (χ2v) is 6.51. The maximum atomic E-state index is 11.7. The molecular formula is C12H13Br2NO4. The Kier molecular flexibility index (Phi) is 4.98. The number of ether oxygens (including phenoxy) is 1. The summed E-state index contributed by atoms with van der Waals surface area (Å²) in [7, 11) is 0. The lowest BCUT2D eigenvalue weighted by atomic mass is 10.2. The summed E-state index contributed by atoms with van der Waals surface area (Å²) < 4.78 is 6.12. The Labute approximate surface area is 127 Å². The van der Waals surface area contributed by atoms with Gasteiger partial charge in [0.05, 0.1) is 11.3 Å². The van der Waals surface area contributed by atoms with Crippen molar-refractivity contribution >= 4 is 49.6 Å². The standard InChI is InChI=1S/C12H13Br2NO4/c1-12(2,3)19-11(18)15-9-7(10(16)17)4-6(13)5-8(9)14/h4-5H,1-3H3,(H,15,18)(H,16,17). The summed E-state index contributed by atoms with van der Waals surface area (Å²) in [5.41, 5.74) is -0.535. The lowest BCUT2D eigenvalue weighted by molar-refractivity contribution is 0.0636. The highest BCUT2D eigenvalue weighted by Gasteiger charge is 2.21. The van der Waals surface area contributed by atoms with E-state index in [0.717, 1.165) is 0 Å². The van der Waals surface area contributed by atoms with Gasteiger partial charge in [-0.3, -0.25) is 5.32 Å². The molecule has 0 radical (unpaired) electrons. The highest BCUT2D eigenvalue weighted by molar-refractivity contribution is 9.11. The molecule has 19 heavy (non-hydrogen) atoms. The highest BCUT2D eigenvalue weighted by atomic mass is 79.9. The van der Waals surface area contributed by atoms with Crippen molar-refractivity contribution in [3.05, 3.63) is 26.6 Å².